The molecule has 0 amide bonds. The van der Waals surface area contributed by atoms with E-state index in [4.69, 9.17) is 0 Å². The molecule has 1 aromatic carbocycles. The smallest absolute Gasteiger partial charge is 0.0157 e. The SMILES string of the molecule is CCCc1ccc(CS)c(CS)c1. The Balaban J connectivity index is 2.91. The second-order valence-corrected chi connectivity index (χ2v) is 3.80. The van der Waals surface area contributed by atoms with E-state index in [9.17, 15) is 0 Å². The zero-order valence-electron chi connectivity index (χ0n) is 7.95. The minimum absolute atomic E-state index is 0.808. The quantitative estimate of drug-likeness (QED) is 0.701. The van der Waals surface area contributed by atoms with Crippen LogP contribution in [0.5, 0.6) is 0 Å². The van der Waals surface area contributed by atoms with Crippen LogP contribution < -0.4 is 0 Å². The molecule has 0 fully saturated rings. The molecule has 0 aliphatic carbocycles. The Hall–Kier alpha value is -0.0800. The van der Waals surface area contributed by atoms with Crippen molar-refractivity contribution in [1.29, 1.82) is 0 Å². The summed E-state index contributed by atoms with van der Waals surface area (Å²) in [5, 5.41) is 0. The molecule has 0 atom stereocenters. The molecule has 0 bridgehead atoms. The van der Waals surface area contributed by atoms with Crippen LogP contribution in [0.25, 0.3) is 0 Å². The van der Waals surface area contributed by atoms with E-state index in [2.05, 4.69) is 50.4 Å². The molecule has 0 aromatic heterocycles. The first kappa shape index (κ1) is 11.0. The monoisotopic (exact) mass is 212 g/mol. The average molecular weight is 212 g/mol. The highest BCUT2D eigenvalue weighted by Crippen LogP contribution is 2.17. The molecule has 0 saturated heterocycles. The van der Waals surface area contributed by atoms with Crippen molar-refractivity contribution >= 4 is 25.3 Å². The maximum Gasteiger partial charge on any atom is 0.0157 e. The highest BCUT2D eigenvalue weighted by molar-refractivity contribution is 7.79. The topological polar surface area (TPSA) is 0 Å². The van der Waals surface area contributed by atoms with Crippen molar-refractivity contribution in [3.63, 3.8) is 0 Å². The van der Waals surface area contributed by atoms with Crippen LogP contribution in [0.3, 0.4) is 0 Å². The van der Waals surface area contributed by atoms with E-state index in [0.29, 0.717) is 0 Å². The van der Waals surface area contributed by atoms with Gasteiger partial charge in [-0.25, -0.2) is 0 Å². The molecule has 0 nitrogen and oxygen atoms in total. The first-order chi connectivity index (χ1) is 6.31. The summed E-state index contributed by atoms with van der Waals surface area (Å²) in [5.74, 6) is 1.62. The minimum atomic E-state index is 0.808. The maximum atomic E-state index is 4.32. The second-order valence-electron chi connectivity index (χ2n) is 3.17. The van der Waals surface area contributed by atoms with Gasteiger partial charge in [-0.3, -0.25) is 0 Å². The Kier molecular flexibility index (Phi) is 4.74. The Labute approximate surface area is 91.6 Å². The normalized spacial score (nSPS) is 10.4. The van der Waals surface area contributed by atoms with Crippen LogP contribution in [0.4, 0.5) is 0 Å². The molecular weight excluding hydrogens is 196 g/mol. The lowest BCUT2D eigenvalue weighted by Gasteiger charge is -2.07. The number of benzene rings is 1. The molecule has 1 rings (SSSR count). The molecular formula is C11H16S2. The van der Waals surface area contributed by atoms with Gasteiger partial charge in [-0.05, 0) is 23.1 Å². The molecule has 0 spiro atoms. The van der Waals surface area contributed by atoms with E-state index < -0.39 is 0 Å². The predicted octanol–water partition coefficient (Wildman–Crippen LogP) is 3.50. The van der Waals surface area contributed by atoms with Gasteiger partial charge in [0.15, 0.2) is 0 Å². The van der Waals surface area contributed by atoms with Crippen LogP contribution in [-0.2, 0) is 17.9 Å². The van der Waals surface area contributed by atoms with E-state index in [1.807, 2.05) is 0 Å². The molecule has 2 heteroatoms. The van der Waals surface area contributed by atoms with Crippen molar-refractivity contribution in [2.75, 3.05) is 0 Å². The van der Waals surface area contributed by atoms with Crippen LogP contribution >= 0.6 is 25.3 Å². The van der Waals surface area contributed by atoms with Crippen molar-refractivity contribution in [2.45, 2.75) is 31.3 Å². The highest BCUT2D eigenvalue weighted by Gasteiger charge is 2.00. The predicted molar refractivity (Wildman–Crippen MR) is 65.8 cm³/mol. The second kappa shape index (κ2) is 5.61. The van der Waals surface area contributed by atoms with Crippen LogP contribution in [0, 0.1) is 0 Å². The summed E-state index contributed by atoms with van der Waals surface area (Å²) >= 11 is 8.60. The third kappa shape index (κ3) is 2.96. The lowest BCUT2D eigenvalue weighted by molar-refractivity contribution is 0.918. The van der Waals surface area contributed by atoms with Gasteiger partial charge in [0.2, 0.25) is 0 Å². The first-order valence-electron chi connectivity index (χ1n) is 4.64. The summed E-state index contributed by atoms with van der Waals surface area (Å²) in [6, 6.07) is 6.62. The lowest BCUT2D eigenvalue weighted by atomic mass is 10.0. The van der Waals surface area contributed by atoms with Gasteiger partial charge in [0.05, 0.1) is 0 Å². The fraction of sp³-hybridized carbons (Fsp3) is 0.455. The Morgan fingerprint density at radius 1 is 1.08 bits per heavy atom. The summed E-state index contributed by atoms with van der Waals surface area (Å²) in [5.41, 5.74) is 4.04. The first-order valence-corrected chi connectivity index (χ1v) is 5.90. The zero-order valence-corrected chi connectivity index (χ0v) is 9.74. The third-order valence-electron chi connectivity index (χ3n) is 2.15. The van der Waals surface area contributed by atoms with Crippen molar-refractivity contribution in [2.24, 2.45) is 0 Å². The summed E-state index contributed by atoms with van der Waals surface area (Å²) in [4.78, 5) is 0. The van der Waals surface area contributed by atoms with Gasteiger partial charge in [-0.2, -0.15) is 25.3 Å². The van der Waals surface area contributed by atoms with Gasteiger partial charge in [-0.15, -0.1) is 0 Å². The van der Waals surface area contributed by atoms with E-state index in [1.165, 1.54) is 23.1 Å². The molecule has 0 saturated carbocycles. The van der Waals surface area contributed by atoms with Crippen molar-refractivity contribution in [1.82, 2.24) is 0 Å². The van der Waals surface area contributed by atoms with Crippen LogP contribution in [0.15, 0.2) is 18.2 Å². The fourth-order valence-electron chi connectivity index (χ4n) is 1.42. The molecule has 0 heterocycles. The Morgan fingerprint density at radius 3 is 2.31 bits per heavy atom. The van der Waals surface area contributed by atoms with Gasteiger partial charge in [0.1, 0.15) is 0 Å². The standard InChI is InChI=1S/C11H16S2/c1-2-3-9-4-5-10(7-12)11(6-9)8-13/h4-6,12-13H,2-3,7-8H2,1H3. The molecule has 1 aromatic rings. The molecule has 0 unspecified atom stereocenters. The van der Waals surface area contributed by atoms with E-state index >= 15 is 0 Å². The van der Waals surface area contributed by atoms with E-state index in [1.54, 1.807) is 0 Å². The molecule has 13 heavy (non-hydrogen) atoms. The van der Waals surface area contributed by atoms with Gasteiger partial charge in [0, 0.05) is 11.5 Å². The number of rotatable bonds is 4. The van der Waals surface area contributed by atoms with Gasteiger partial charge < -0.3 is 0 Å². The summed E-state index contributed by atoms with van der Waals surface area (Å²) in [6.45, 7) is 2.20. The van der Waals surface area contributed by atoms with Gasteiger partial charge in [-0.1, -0.05) is 31.5 Å². The average Bonchev–Trinajstić information content (AvgIpc) is 2.18. The van der Waals surface area contributed by atoms with Crippen molar-refractivity contribution < 1.29 is 0 Å². The van der Waals surface area contributed by atoms with Crippen molar-refractivity contribution in [3.8, 4) is 0 Å². The maximum absolute atomic E-state index is 4.32. The molecule has 72 valence electrons. The summed E-state index contributed by atoms with van der Waals surface area (Å²) in [6.07, 6.45) is 2.36. The Bertz CT molecular complexity index is 269. The molecule has 0 radical (unpaired) electrons. The van der Waals surface area contributed by atoms with Crippen LogP contribution in [-0.4, -0.2) is 0 Å². The highest BCUT2D eigenvalue weighted by atomic mass is 32.1. The lowest BCUT2D eigenvalue weighted by Crippen LogP contribution is -1.92. The molecule has 0 aliphatic heterocycles. The zero-order chi connectivity index (χ0) is 9.68. The summed E-state index contributed by atoms with van der Waals surface area (Å²) < 4.78 is 0. The summed E-state index contributed by atoms with van der Waals surface area (Å²) in [7, 11) is 0. The van der Waals surface area contributed by atoms with Gasteiger partial charge in [0.25, 0.3) is 0 Å². The largest absolute Gasteiger partial charge is 0.175 e. The number of hydrogen-bond donors (Lipinski definition) is 2. The van der Waals surface area contributed by atoms with E-state index in [0.717, 1.165) is 17.9 Å². The van der Waals surface area contributed by atoms with E-state index in [-0.39, 0.29) is 0 Å². The van der Waals surface area contributed by atoms with Gasteiger partial charge >= 0.3 is 0 Å². The number of hydrogen-bond acceptors (Lipinski definition) is 2. The van der Waals surface area contributed by atoms with Crippen LogP contribution in [0.2, 0.25) is 0 Å². The fourth-order valence-corrected chi connectivity index (χ4v) is 2.03. The molecule has 0 aliphatic rings. The Morgan fingerprint density at radius 2 is 1.77 bits per heavy atom. The minimum Gasteiger partial charge on any atom is -0.175 e. The number of aryl methyl sites for hydroxylation is 1. The van der Waals surface area contributed by atoms with Crippen LogP contribution in [0.1, 0.15) is 30.0 Å². The third-order valence-corrected chi connectivity index (χ3v) is 2.83. The van der Waals surface area contributed by atoms with Crippen molar-refractivity contribution in [3.05, 3.63) is 34.9 Å². The number of thiol groups is 2. The molecule has 0 N–H and O–H groups in total.